The van der Waals surface area contributed by atoms with Gasteiger partial charge in [0.2, 0.25) is 0 Å². The molecule has 0 aromatic heterocycles. The molecule has 0 atom stereocenters. The summed E-state index contributed by atoms with van der Waals surface area (Å²) in [5.74, 6) is -1.12. The third kappa shape index (κ3) is 5.10. The first-order chi connectivity index (χ1) is 3.63. The zero-order valence-electron chi connectivity index (χ0n) is 3.87. The summed E-state index contributed by atoms with van der Waals surface area (Å²) in [6, 6.07) is 0. The van der Waals surface area contributed by atoms with Crippen LogP contribution < -0.4 is 0 Å². The van der Waals surface area contributed by atoms with Crippen LogP contribution in [0, 0.1) is 0 Å². The number of aliphatic hydroxyl groups excluding tert-OH is 1. The maximum atomic E-state index is 9.65. The largest absolute Gasteiger partial charge is 0.499 e. The predicted octanol–water partition coefficient (Wildman–Crippen LogP) is 0.513. The van der Waals surface area contributed by atoms with E-state index in [4.69, 9.17) is 10.2 Å². The second-order valence-corrected chi connectivity index (χ2v) is 1.43. The van der Waals surface area contributed by atoms with Gasteiger partial charge in [0.1, 0.15) is 0 Å². The molecule has 0 saturated carbocycles. The van der Waals surface area contributed by atoms with Crippen molar-refractivity contribution in [3.8, 4) is 0 Å². The highest BCUT2D eigenvalue weighted by molar-refractivity contribution is 7.80. The number of rotatable bonds is 2. The summed E-state index contributed by atoms with van der Waals surface area (Å²) in [6.07, 6.45) is 1.69. The first-order valence-electron chi connectivity index (χ1n) is 1.77. The van der Waals surface area contributed by atoms with Crippen LogP contribution >= 0.6 is 12.2 Å². The van der Waals surface area contributed by atoms with E-state index < -0.39 is 11.0 Å². The van der Waals surface area contributed by atoms with E-state index in [9.17, 15) is 4.79 Å². The normalized spacial score (nSPS) is 9.50. The number of aliphatic hydroxyl groups is 1. The lowest BCUT2D eigenvalue weighted by Crippen LogP contribution is -1.89. The molecule has 0 spiro atoms. The van der Waals surface area contributed by atoms with E-state index in [1.807, 2.05) is 0 Å². The molecule has 0 rings (SSSR count). The molecule has 0 aliphatic carbocycles. The van der Waals surface area contributed by atoms with Gasteiger partial charge in [0, 0.05) is 6.08 Å². The summed E-state index contributed by atoms with van der Waals surface area (Å²) in [5, 5.41) is 15.7. The van der Waals surface area contributed by atoms with E-state index in [0.29, 0.717) is 0 Å². The third-order valence-electron chi connectivity index (χ3n) is 0.368. The minimum atomic E-state index is -1.12. The van der Waals surface area contributed by atoms with Crippen LogP contribution in [0.3, 0.4) is 0 Å². The molecule has 4 heteroatoms. The van der Waals surface area contributed by atoms with Crippen LogP contribution in [-0.2, 0) is 4.79 Å². The standard InChI is InChI=1S/C4H4O3S/c5-3(6)1-2-4(7)8/h1-2H,(H,5,6)(H,7,8). The molecule has 3 nitrogen and oxygen atoms in total. The van der Waals surface area contributed by atoms with E-state index >= 15 is 0 Å². The quantitative estimate of drug-likeness (QED) is 0.424. The van der Waals surface area contributed by atoms with Gasteiger partial charge in [-0.15, -0.1) is 0 Å². The Labute approximate surface area is 51.3 Å². The summed E-state index contributed by atoms with van der Waals surface area (Å²) < 4.78 is 0. The summed E-state index contributed by atoms with van der Waals surface area (Å²) >= 11 is 4.12. The highest BCUT2D eigenvalue weighted by atomic mass is 32.1. The Kier molecular flexibility index (Phi) is 2.79. The fraction of sp³-hybridized carbons (Fsp3) is 0. The molecule has 8 heavy (non-hydrogen) atoms. The lowest BCUT2D eigenvalue weighted by molar-refractivity contribution is -0.131. The van der Waals surface area contributed by atoms with Gasteiger partial charge in [0.25, 0.3) is 0 Å². The molecule has 44 valence electrons. The monoisotopic (exact) mass is 132 g/mol. The number of hydrogen-bond donors (Lipinski definition) is 2. The number of hydrogen-bond acceptors (Lipinski definition) is 2. The summed E-state index contributed by atoms with van der Waals surface area (Å²) in [5.41, 5.74) is 0. The Bertz CT molecular complexity index is 122. The van der Waals surface area contributed by atoms with Crippen molar-refractivity contribution in [3.63, 3.8) is 0 Å². The van der Waals surface area contributed by atoms with Gasteiger partial charge in [-0.2, -0.15) is 0 Å². The highest BCUT2D eigenvalue weighted by Gasteiger charge is 1.84. The minimum absolute atomic E-state index is 0.424. The molecule has 0 aliphatic heterocycles. The SMILES string of the molecule is O=C(O)C=CC(O)=S. The van der Waals surface area contributed by atoms with E-state index in [1.54, 1.807) is 0 Å². The fourth-order valence-electron chi connectivity index (χ4n) is 0.143. The number of carbonyl (C=O) groups is 1. The van der Waals surface area contributed by atoms with Crippen molar-refractivity contribution in [2.45, 2.75) is 0 Å². The first kappa shape index (κ1) is 7.10. The lowest BCUT2D eigenvalue weighted by Gasteiger charge is -1.77. The molecular weight excluding hydrogens is 128 g/mol. The molecule has 0 amide bonds. The summed E-state index contributed by atoms with van der Waals surface area (Å²) in [4.78, 5) is 9.65. The molecule has 0 aromatic rings. The number of carboxylic acid groups (broad SMARTS) is 1. The van der Waals surface area contributed by atoms with Gasteiger partial charge in [0.15, 0.2) is 5.05 Å². The Morgan fingerprint density at radius 1 is 1.38 bits per heavy atom. The smallest absolute Gasteiger partial charge is 0.328 e. The minimum Gasteiger partial charge on any atom is -0.499 e. The van der Waals surface area contributed by atoms with Gasteiger partial charge < -0.3 is 10.2 Å². The van der Waals surface area contributed by atoms with Gasteiger partial charge in [-0.3, -0.25) is 0 Å². The molecule has 0 heterocycles. The van der Waals surface area contributed by atoms with Crippen LogP contribution in [0.15, 0.2) is 12.2 Å². The van der Waals surface area contributed by atoms with Crippen LogP contribution in [0.4, 0.5) is 0 Å². The zero-order valence-corrected chi connectivity index (χ0v) is 4.68. The van der Waals surface area contributed by atoms with Crippen LogP contribution in [-0.4, -0.2) is 21.2 Å². The van der Waals surface area contributed by atoms with Crippen molar-refractivity contribution in [1.29, 1.82) is 0 Å². The maximum Gasteiger partial charge on any atom is 0.328 e. The van der Waals surface area contributed by atoms with Crippen molar-refractivity contribution in [1.82, 2.24) is 0 Å². The third-order valence-corrected chi connectivity index (χ3v) is 0.505. The van der Waals surface area contributed by atoms with Gasteiger partial charge >= 0.3 is 5.97 Å². The average molecular weight is 132 g/mol. The molecule has 0 unspecified atom stereocenters. The Balaban J connectivity index is 3.67. The van der Waals surface area contributed by atoms with Crippen LogP contribution in [0.25, 0.3) is 0 Å². The molecule has 0 aliphatic rings. The summed E-state index contributed by atoms with van der Waals surface area (Å²) in [6.45, 7) is 0. The van der Waals surface area contributed by atoms with Gasteiger partial charge in [-0.1, -0.05) is 0 Å². The van der Waals surface area contributed by atoms with Crippen LogP contribution in [0.2, 0.25) is 0 Å². The predicted molar refractivity (Wildman–Crippen MR) is 32.0 cm³/mol. The number of aliphatic carboxylic acids is 1. The number of carboxylic acids is 1. The van der Waals surface area contributed by atoms with E-state index in [2.05, 4.69) is 12.2 Å². The molecule has 2 N–H and O–H groups in total. The van der Waals surface area contributed by atoms with Crippen molar-refractivity contribution in [2.24, 2.45) is 0 Å². The molecule has 0 bridgehead atoms. The molecule has 0 fully saturated rings. The van der Waals surface area contributed by atoms with Gasteiger partial charge in [0.05, 0.1) is 0 Å². The van der Waals surface area contributed by atoms with E-state index in [0.717, 1.165) is 12.2 Å². The van der Waals surface area contributed by atoms with Crippen molar-refractivity contribution >= 4 is 23.2 Å². The molecular formula is C4H4O3S. The Hall–Kier alpha value is -0.900. The van der Waals surface area contributed by atoms with Gasteiger partial charge in [-0.05, 0) is 18.3 Å². The Morgan fingerprint density at radius 3 is 2.00 bits per heavy atom. The Morgan fingerprint density at radius 2 is 1.88 bits per heavy atom. The van der Waals surface area contributed by atoms with Crippen LogP contribution in [0.1, 0.15) is 0 Å². The summed E-state index contributed by atoms with van der Waals surface area (Å²) in [7, 11) is 0. The zero-order chi connectivity index (χ0) is 6.57. The fourth-order valence-corrected chi connectivity index (χ4v) is 0.211. The maximum absolute atomic E-state index is 9.65. The number of thiocarbonyl (C=S) groups is 1. The topological polar surface area (TPSA) is 57.5 Å². The van der Waals surface area contributed by atoms with E-state index in [1.165, 1.54) is 0 Å². The van der Waals surface area contributed by atoms with E-state index in [-0.39, 0.29) is 0 Å². The molecule has 0 aromatic carbocycles. The first-order valence-corrected chi connectivity index (χ1v) is 2.17. The average Bonchev–Trinajstić information content (AvgIpc) is 1.61. The highest BCUT2D eigenvalue weighted by Crippen LogP contribution is 1.74. The lowest BCUT2D eigenvalue weighted by atomic mass is 10.5. The molecule has 0 saturated heterocycles. The second kappa shape index (κ2) is 3.15. The van der Waals surface area contributed by atoms with Gasteiger partial charge in [-0.25, -0.2) is 4.79 Å². The van der Waals surface area contributed by atoms with Crippen molar-refractivity contribution in [2.75, 3.05) is 0 Å². The second-order valence-electron chi connectivity index (χ2n) is 1.01. The van der Waals surface area contributed by atoms with Crippen molar-refractivity contribution < 1.29 is 15.0 Å². The molecule has 0 radical (unpaired) electrons. The van der Waals surface area contributed by atoms with Crippen LogP contribution in [0.5, 0.6) is 0 Å². The van der Waals surface area contributed by atoms with Crippen molar-refractivity contribution in [3.05, 3.63) is 12.2 Å².